The number of rotatable bonds is 2. The molecule has 3 unspecified atom stereocenters. The highest BCUT2D eigenvalue weighted by atomic mass is 32.2. The van der Waals surface area contributed by atoms with Gasteiger partial charge in [-0.2, -0.15) is 17.0 Å². The molecule has 0 amide bonds. The fourth-order valence-corrected chi connectivity index (χ4v) is 5.06. The number of hydrogen-bond donors (Lipinski definition) is 1. The Morgan fingerprint density at radius 1 is 1.00 bits per heavy atom. The van der Waals surface area contributed by atoms with Crippen molar-refractivity contribution >= 4 is 10.2 Å². The third kappa shape index (κ3) is 2.57. The molecule has 106 valence electrons. The lowest BCUT2D eigenvalue weighted by Gasteiger charge is -2.42. The largest absolute Gasteiger partial charge is 0.315 e. The molecule has 0 saturated carbocycles. The van der Waals surface area contributed by atoms with E-state index in [1.165, 1.54) is 4.31 Å². The zero-order valence-corrected chi connectivity index (χ0v) is 12.2. The van der Waals surface area contributed by atoms with Crippen molar-refractivity contribution in [3.05, 3.63) is 0 Å². The van der Waals surface area contributed by atoms with Crippen LogP contribution in [-0.2, 0) is 10.2 Å². The van der Waals surface area contributed by atoms with E-state index in [0.29, 0.717) is 13.1 Å². The van der Waals surface area contributed by atoms with E-state index in [0.717, 1.165) is 32.1 Å². The maximum absolute atomic E-state index is 12.7. The van der Waals surface area contributed by atoms with E-state index in [-0.39, 0.29) is 18.1 Å². The van der Waals surface area contributed by atoms with Gasteiger partial charge < -0.3 is 5.73 Å². The average molecular weight is 275 g/mol. The van der Waals surface area contributed by atoms with E-state index < -0.39 is 10.2 Å². The summed E-state index contributed by atoms with van der Waals surface area (Å²) in [4.78, 5) is 0. The minimum absolute atomic E-state index is 0.105. The van der Waals surface area contributed by atoms with E-state index in [2.05, 4.69) is 0 Å². The van der Waals surface area contributed by atoms with Crippen molar-refractivity contribution < 1.29 is 8.42 Å². The first-order valence-corrected chi connectivity index (χ1v) is 8.38. The molecule has 18 heavy (non-hydrogen) atoms. The molecule has 2 rings (SSSR count). The van der Waals surface area contributed by atoms with E-state index in [4.69, 9.17) is 5.73 Å². The molecule has 0 radical (unpaired) electrons. The SMILES string of the molecule is CC1CCCN(S(=O)(=O)N2CCCCC2C)C1N. The van der Waals surface area contributed by atoms with Crippen LogP contribution in [0.5, 0.6) is 0 Å². The van der Waals surface area contributed by atoms with Crippen LogP contribution in [0.4, 0.5) is 0 Å². The van der Waals surface area contributed by atoms with Crippen LogP contribution in [-0.4, -0.2) is 42.3 Å². The van der Waals surface area contributed by atoms with Gasteiger partial charge >= 0.3 is 0 Å². The predicted octanol–water partition coefficient (Wildman–Crippen LogP) is 1.12. The van der Waals surface area contributed by atoms with Crippen LogP contribution in [0.25, 0.3) is 0 Å². The Morgan fingerprint density at radius 3 is 2.33 bits per heavy atom. The van der Waals surface area contributed by atoms with E-state index in [1.54, 1.807) is 4.31 Å². The maximum Gasteiger partial charge on any atom is 0.283 e. The van der Waals surface area contributed by atoms with Crippen molar-refractivity contribution in [1.82, 2.24) is 8.61 Å². The van der Waals surface area contributed by atoms with Crippen LogP contribution < -0.4 is 5.73 Å². The molecule has 0 aliphatic carbocycles. The molecular formula is C12H25N3O2S. The van der Waals surface area contributed by atoms with Gasteiger partial charge in [0.15, 0.2) is 0 Å². The standard InChI is InChI=1S/C12H25N3O2S/c1-10-6-5-9-15(12(10)13)18(16,17)14-8-4-3-7-11(14)2/h10-12H,3-9,13H2,1-2H3. The van der Waals surface area contributed by atoms with Crippen molar-refractivity contribution in [2.45, 2.75) is 58.2 Å². The number of piperidine rings is 2. The smallest absolute Gasteiger partial charge is 0.283 e. The Kier molecular flexibility index (Phi) is 4.31. The molecule has 0 aromatic rings. The Morgan fingerprint density at radius 2 is 1.67 bits per heavy atom. The molecule has 0 spiro atoms. The highest BCUT2D eigenvalue weighted by Crippen LogP contribution is 2.28. The molecule has 0 aromatic carbocycles. The molecular weight excluding hydrogens is 250 g/mol. The molecule has 5 nitrogen and oxygen atoms in total. The summed E-state index contributed by atoms with van der Waals surface area (Å²) in [5.41, 5.74) is 6.08. The topological polar surface area (TPSA) is 66.6 Å². The second kappa shape index (κ2) is 5.45. The average Bonchev–Trinajstić information content (AvgIpc) is 2.32. The summed E-state index contributed by atoms with van der Waals surface area (Å²) in [5, 5.41) is 0. The minimum atomic E-state index is -3.37. The first kappa shape index (κ1) is 14.2. The molecule has 2 fully saturated rings. The first-order valence-electron chi connectivity index (χ1n) is 6.99. The fourth-order valence-electron chi connectivity index (χ4n) is 2.99. The van der Waals surface area contributed by atoms with Gasteiger partial charge in [-0.3, -0.25) is 0 Å². The quantitative estimate of drug-likeness (QED) is 0.821. The third-order valence-corrected chi connectivity index (χ3v) is 6.44. The molecule has 0 aromatic heterocycles. The molecule has 3 atom stereocenters. The minimum Gasteiger partial charge on any atom is -0.315 e. The lowest BCUT2D eigenvalue weighted by molar-refractivity contribution is 0.166. The van der Waals surface area contributed by atoms with Gasteiger partial charge in [0.05, 0.1) is 6.17 Å². The van der Waals surface area contributed by atoms with Crippen LogP contribution in [0.3, 0.4) is 0 Å². The van der Waals surface area contributed by atoms with Crippen molar-refractivity contribution in [2.75, 3.05) is 13.1 Å². The molecule has 2 aliphatic heterocycles. The lowest BCUT2D eigenvalue weighted by atomic mass is 9.99. The highest BCUT2D eigenvalue weighted by molar-refractivity contribution is 7.86. The molecule has 0 bridgehead atoms. The normalized spacial score (nSPS) is 36.7. The summed E-state index contributed by atoms with van der Waals surface area (Å²) in [6.07, 6.45) is 4.60. The number of nitrogens with zero attached hydrogens (tertiary/aromatic N) is 2. The van der Waals surface area contributed by atoms with Gasteiger partial charge in [-0.05, 0) is 38.5 Å². The summed E-state index contributed by atoms with van der Waals surface area (Å²) in [5.74, 6) is 0.244. The Balaban J connectivity index is 2.19. The van der Waals surface area contributed by atoms with Gasteiger partial charge in [0, 0.05) is 19.1 Å². The van der Waals surface area contributed by atoms with Crippen molar-refractivity contribution in [2.24, 2.45) is 11.7 Å². The van der Waals surface area contributed by atoms with Gasteiger partial charge in [-0.15, -0.1) is 0 Å². The van der Waals surface area contributed by atoms with Crippen LogP contribution in [0.2, 0.25) is 0 Å². The Bertz CT molecular complexity index is 385. The Hall–Kier alpha value is -0.170. The fraction of sp³-hybridized carbons (Fsp3) is 1.00. The van der Waals surface area contributed by atoms with Crippen molar-refractivity contribution in [3.8, 4) is 0 Å². The summed E-state index contributed by atoms with van der Waals surface area (Å²) in [7, 11) is -3.37. The summed E-state index contributed by atoms with van der Waals surface area (Å²) >= 11 is 0. The van der Waals surface area contributed by atoms with E-state index >= 15 is 0 Å². The number of hydrogen-bond acceptors (Lipinski definition) is 3. The van der Waals surface area contributed by atoms with Crippen LogP contribution in [0.1, 0.15) is 46.0 Å². The molecule has 2 N–H and O–H groups in total. The zero-order valence-electron chi connectivity index (χ0n) is 11.4. The van der Waals surface area contributed by atoms with Crippen molar-refractivity contribution in [3.63, 3.8) is 0 Å². The summed E-state index contributed by atoms with van der Waals surface area (Å²) in [6, 6.07) is 0.105. The van der Waals surface area contributed by atoms with Gasteiger partial charge in [-0.25, -0.2) is 0 Å². The molecule has 6 heteroatoms. The second-order valence-electron chi connectivity index (χ2n) is 5.68. The van der Waals surface area contributed by atoms with E-state index in [1.807, 2.05) is 13.8 Å². The van der Waals surface area contributed by atoms with Gasteiger partial charge in [0.2, 0.25) is 0 Å². The summed E-state index contributed by atoms with van der Waals surface area (Å²) < 4.78 is 28.5. The molecule has 2 heterocycles. The van der Waals surface area contributed by atoms with Crippen molar-refractivity contribution in [1.29, 1.82) is 0 Å². The molecule has 2 saturated heterocycles. The summed E-state index contributed by atoms with van der Waals surface area (Å²) in [6.45, 7) is 5.24. The lowest BCUT2D eigenvalue weighted by Crippen LogP contribution is -2.58. The maximum atomic E-state index is 12.7. The third-order valence-electron chi connectivity index (χ3n) is 4.29. The van der Waals surface area contributed by atoms with Gasteiger partial charge in [0.1, 0.15) is 0 Å². The van der Waals surface area contributed by atoms with Crippen LogP contribution >= 0.6 is 0 Å². The second-order valence-corrected chi connectivity index (χ2v) is 7.52. The first-order chi connectivity index (χ1) is 8.44. The van der Waals surface area contributed by atoms with E-state index in [9.17, 15) is 8.42 Å². The predicted molar refractivity (Wildman–Crippen MR) is 72.0 cm³/mol. The zero-order chi connectivity index (χ0) is 13.3. The van der Waals surface area contributed by atoms with Gasteiger partial charge in [0.25, 0.3) is 10.2 Å². The van der Waals surface area contributed by atoms with Crippen LogP contribution in [0.15, 0.2) is 0 Å². The van der Waals surface area contributed by atoms with Gasteiger partial charge in [-0.1, -0.05) is 13.3 Å². The molecule has 2 aliphatic rings. The van der Waals surface area contributed by atoms with Crippen LogP contribution in [0, 0.1) is 5.92 Å². The highest BCUT2D eigenvalue weighted by Gasteiger charge is 2.40. The Labute approximate surface area is 110 Å². The monoisotopic (exact) mass is 275 g/mol. The number of nitrogens with two attached hydrogens (primary N) is 1.